The van der Waals surface area contributed by atoms with Gasteiger partial charge in [-0.15, -0.1) is 0 Å². The summed E-state index contributed by atoms with van der Waals surface area (Å²) in [6.45, 7) is 4.99. The van der Waals surface area contributed by atoms with Gasteiger partial charge in [0.1, 0.15) is 0 Å². The monoisotopic (exact) mass is 672 g/mol. The summed E-state index contributed by atoms with van der Waals surface area (Å²) >= 11 is 0. The third-order valence-electron chi connectivity index (χ3n) is 12.1. The quantitative estimate of drug-likeness (QED) is 0.166. The van der Waals surface area contributed by atoms with Crippen molar-refractivity contribution < 1.29 is 0 Å². The largest absolute Gasteiger partial charge is 0.334 e. The van der Waals surface area contributed by atoms with Crippen molar-refractivity contribution in [3.05, 3.63) is 188 Å². The average molecular weight is 673 g/mol. The Hall–Kier alpha value is -5.86. The lowest BCUT2D eigenvalue weighted by molar-refractivity contribution is 0.195. The maximum atomic E-state index is 2.65. The fourth-order valence-electron chi connectivity index (χ4n) is 9.02. The van der Waals surface area contributed by atoms with Crippen molar-refractivity contribution in [3.8, 4) is 33.4 Å². The van der Waals surface area contributed by atoms with Crippen LogP contribution in [-0.2, 0) is 5.41 Å². The molecule has 52 heavy (non-hydrogen) atoms. The Balaban J connectivity index is 1.03. The van der Waals surface area contributed by atoms with E-state index >= 15 is 0 Å². The second kappa shape index (κ2) is 13.0. The van der Waals surface area contributed by atoms with Crippen molar-refractivity contribution in [1.82, 2.24) is 0 Å². The molecule has 0 amide bonds. The zero-order chi connectivity index (χ0) is 35.1. The minimum Gasteiger partial charge on any atom is -0.334 e. The summed E-state index contributed by atoms with van der Waals surface area (Å²) in [6.07, 6.45) is 5.04. The van der Waals surface area contributed by atoms with Crippen molar-refractivity contribution >= 4 is 28.4 Å². The molecule has 1 heterocycles. The summed E-state index contributed by atoms with van der Waals surface area (Å²) in [7, 11) is 0. The first kappa shape index (κ1) is 32.1. The first-order valence-corrected chi connectivity index (χ1v) is 18.7. The van der Waals surface area contributed by atoms with Crippen molar-refractivity contribution in [3.63, 3.8) is 0 Å². The van der Waals surface area contributed by atoms with Gasteiger partial charge in [0.25, 0.3) is 0 Å². The fourth-order valence-corrected chi connectivity index (χ4v) is 9.02. The molecule has 2 heteroatoms. The summed E-state index contributed by atoms with van der Waals surface area (Å²) in [5.41, 5.74) is 15.1. The van der Waals surface area contributed by atoms with Crippen LogP contribution in [0.4, 0.5) is 28.4 Å². The smallest absolute Gasteiger partial charge is 0.0517 e. The van der Waals surface area contributed by atoms with Crippen molar-refractivity contribution in [2.75, 3.05) is 9.80 Å². The molecule has 2 atom stereocenters. The fraction of sp³-hybridized carbons (Fsp3) is 0.160. The van der Waals surface area contributed by atoms with E-state index < -0.39 is 0 Å². The summed E-state index contributed by atoms with van der Waals surface area (Å²) in [5, 5.41) is 0. The lowest BCUT2D eigenvalue weighted by Gasteiger charge is -2.50. The Kier molecular flexibility index (Phi) is 8.04. The molecule has 0 saturated heterocycles. The van der Waals surface area contributed by atoms with Gasteiger partial charge in [0.15, 0.2) is 0 Å². The van der Waals surface area contributed by atoms with Gasteiger partial charge >= 0.3 is 0 Å². The zero-order valence-electron chi connectivity index (χ0n) is 30.0. The molecule has 2 unspecified atom stereocenters. The highest BCUT2D eigenvalue weighted by Crippen LogP contribution is 2.60. The highest BCUT2D eigenvalue weighted by molar-refractivity contribution is 5.82. The SMILES string of the molecule is CC12CCCCC1(C)N(c1ccc(-c3ccc(N(c4ccc(-c5ccccc5)cc4)c4ccc(-c5ccccc5)cc4)cc3)cc1)c1ccccc12. The minimum absolute atomic E-state index is 0.0696. The van der Waals surface area contributed by atoms with E-state index in [2.05, 4.69) is 206 Å². The minimum atomic E-state index is 0.0696. The maximum absolute atomic E-state index is 2.65. The summed E-state index contributed by atoms with van der Waals surface area (Å²) in [4.78, 5) is 5.00. The molecule has 1 aliphatic carbocycles. The molecule has 1 aliphatic heterocycles. The van der Waals surface area contributed by atoms with Gasteiger partial charge in [-0.3, -0.25) is 0 Å². The molecule has 0 N–H and O–H groups in total. The zero-order valence-corrected chi connectivity index (χ0v) is 30.0. The standard InChI is InChI=1S/C50H44N2/c1-49-35-11-12-36-50(49,2)52(48-18-10-9-17-47(48)49)46-33-25-42(26-34-46)41-23-31-45(32-24-41)51(43-27-19-39(20-28-43)37-13-5-3-6-14-37)44-29-21-40(22-30-44)38-15-7-4-8-16-38/h3-10,13-34H,11-12,35-36H2,1-2H3. The van der Waals surface area contributed by atoms with Gasteiger partial charge in [-0.05, 0) is 113 Å². The second-order valence-corrected chi connectivity index (χ2v) is 14.9. The summed E-state index contributed by atoms with van der Waals surface area (Å²) < 4.78 is 0. The lowest BCUT2D eigenvalue weighted by atomic mass is 9.61. The molecule has 0 bridgehead atoms. The van der Waals surface area contributed by atoms with Crippen LogP contribution in [0.3, 0.4) is 0 Å². The molecule has 0 radical (unpaired) electrons. The Bertz CT molecular complexity index is 2210. The number of nitrogens with zero attached hydrogens (tertiary/aromatic N) is 2. The van der Waals surface area contributed by atoms with E-state index in [0.717, 1.165) is 17.1 Å². The van der Waals surface area contributed by atoms with E-state index in [9.17, 15) is 0 Å². The van der Waals surface area contributed by atoms with E-state index in [4.69, 9.17) is 0 Å². The predicted octanol–water partition coefficient (Wildman–Crippen LogP) is 13.9. The molecular formula is C50H44N2. The first-order chi connectivity index (χ1) is 25.5. The van der Waals surface area contributed by atoms with Crippen LogP contribution in [0, 0.1) is 0 Å². The van der Waals surface area contributed by atoms with Crippen LogP contribution in [0.25, 0.3) is 33.4 Å². The number of rotatable bonds is 7. The number of hydrogen-bond donors (Lipinski definition) is 0. The topological polar surface area (TPSA) is 6.48 Å². The van der Waals surface area contributed by atoms with Crippen LogP contribution < -0.4 is 9.80 Å². The molecule has 0 aromatic heterocycles. The van der Waals surface area contributed by atoms with Crippen LogP contribution >= 0.6 is 0 Å². The van der Waals surface area contributed by atoms with E-state index in [-0.39, 0.29) is 11.0 Å². The Morgan fingerprint density at radius 2 is 0.788 bits per heavy atom. The van der Waals surface area contributed by atoms with Crippen molar-refractivity contribution in [2.45, 2.75) is 50.5 Å². The maximum Gasteiger partial charge on any atom is 0.0517 e. The van der Waals surface area contributed by atoms with Crippen LogP contribution in [-0.4, -0.2) is 5.54 Å². The van der Waals surface area contributed by atoms with Gasteiger partial charge in [-0.2, -0.15) is 0 Å². The van der Waals surface area contributed by atoms with Crippen LogP contribution in [0.2, 0.25) is 0 Å². The van der Waals surface area contributed by atoms with Gasteiger partial charge in [0, 0.05) is 33.9 Å². The Morgan fingerprint density at radius 1 is 0.404 bits per heavy atom. The number of fused-ring (bicyclic) bond motifs is 3. The first-order valence-electron chi connectivity index (χ1n) is 18.7. The molecule has 1 saturated carbocycles. The molecule has 254 valence electrons. The predicted molar refractivity (Wildman–Crippen MR) is 220 cm³/mol. The average Bonchev–Trinajstić information content (AvgIpc) is 3.43. The van der Waals surface area contributed by atoms with Gasteiger partial charge < -0.3 is 9.80 Å². The summed E-state index contributed by atoms with van der Waals surface area (Å²) in [5.74, 6) is 0. The molecule has 2 aliphatic rings. The normalized spacial score (nSPS) is 19.2. The highest BCUT2D eigenvalue weighted by atomic mass is 15.3. The van der Waals surface area contributed by atoms with Gasteiger partial charge in [-0.1, -0.05) is 147 Å². The highest BCUT2D eigenvalue weighted by Gasteiger charge is 2.57. The number of para-hydroxylation sites is 1. The van der Waals surface area contributed by atoms with E-state index in [0.29, 0.717) is 0 Å². The molecular weight excluding hydrogens is 629 g/mol. The van der Waals surface area contributed by atoms with Gasteiger partial charge in [0.2, 0.25) is 0 Å². The van der Waals surface area contributed by atoms with Gasteiger partial charge in [-0.25, -0.2) is 0 Å². The van der Waals surface area contributed by atoms with Crippen LogP contribution in [0.1, 0.15) is 45.1 Å². The number of benzene rings is 7. The molecule has 0 spiro atoms. The lowest BCUT2D eigenvalue weighted by Crippen LogP contribution is -2.54. The number of hydrogen-bond acceptors (Lipinski definition) is 2. The van der Waals surface area contributed by atoms with Gasteiger partial charge in [0.05, 0.1) is 5.54 Å². The third-order valence-corrected chi connectivity index (χ3v) is 12.1. The Labute approximate surface area is 308 Å². The van der Waals surface area contributed by atoms with Crippen molar-refractivity contribution in [1.29, 1.82) is 0 Å². The number of anilines is 5. The van der Waals surface area contributed by atoms with Crippen molar-refractivity contribution in [2.24, 2.45) is 0 Å². The second-order valence-electron chi connectivity index (χ2n) is 14.9. The van der Waals surface area contributed by atoms with E-state index in [1.807, 2.05) is 0 Å². The van der Waals surface area contributed by atoms with Crippen LogP contribution in [0.5, 0.6) is 0 Å². The van der Waals surface area contributed by atoms with E-state index in [1.165, 1.54) is 76.0 Å². The molecule has 9 rings (SSSR count). The molecule has 7 aromatic rings. The summed E-state index contributed by atoms with van der Waals surface area (Å²) in [6, 6.07) is 66.4. The molecule has 1 fully saturated rings. The Morgan fingerprint density at radius 3 is 1.27 bits per heavy atom. The van der Waals surface area contributed by atoms with E-state index in [1.54, 1.807) is 0 Å². The third kappa shape index (κ3) is 5.42. The molecule has 2 nitrogen and oxygen atoms in total. The molecule has 7 aromatic carbocycles. The van der Waals surface area contributed by atoms with Crippen LogP contribution in [0.15, 0.2) is 182 Å².